The van der Waals surface area contributed by atoms with E-state index in [0.717, 1.165) is 0 Å². The Labute approximate surface area is 84.9 Å². The van der Waals surface area contributed by atoms with Gasteiger partial charge in [-0.1, -0.05) is 0 Å². The van der Waals surface area contributed by atoms with Gasteiger partial charge >= 0.3 is 0 Å². The van der Waals surface area contributed by atoms with Crippen molar-refractivity contribution in [2.24, 2.45) is 0 Å². The maximum atomic E-state index is 11.4. The number of carbonyl (C=O) groups excluding carboxylic acids is 2. The summed E-state index contributed by atoms with van der Waals surface area (Å²) in [6.07, 6.45) is -0.104. The van der Waals surface area contributed by atoms with Crippen molar-refractivity contribution in [3.8, 4) is 0 Å². The summed E-state index contributed by atoms with van der Waals surface area (Å²) in [5.74, 6) is 0.203. The zero-order valence-corrected chi connectivity index (χ0v) is 8.11. The first-order valence-electron chi connectivity index (χ1n) is 4.46. The molecule has 1 aliphatic rings. The van der Waals surface area contributed by atoms with Crippen molar-refractivity contribution >= 4 is 17.5 Å². The Kier molecular flexibility index (Phi) is 2.11. The van der Waals surface area contributed by atoms with E-state index in [1.165, 1.54) is 11.0 Å². The van der Waals surface area contributed by atoms with Crippen LogP contribution in [0.3, 0.4) is 0 Å². The minimum absolute atomic E-state index is 0.00866. The molecule has 15 heavy (non-hydrogen) atoms. The minimum atomic E-state index is -0.329. The van der Waals surface area contributed by atoms with Gasteiger partial charge in [-0.25, -0.2) is 4.98 Å². The fourth-order valence-corrected chi connectivity index (χ4v) is 1.50. The molecule has 0 aromatic carbocycles. The van der Waals surface area contributed by atoms with Gasteiger partial charge in [0.25, 0.3) is 5.56 Å². The van der Waals surface area contributed by atoms with Crippen molar-refractivity contribution in [3.63, 3.8) is 0 Å². The lowest BCUT2D eigenvalue weighted by Gasteiger charge is -2.12. The number of rotatable bonds is 1. The van der Waals surface area contributed by atoms with Gasteiger partial charge in [-0.3, -0.25) is 19.3 Å². The molecule has 1 N–H and O–H groups in total. The van der Waals surface area contributed by atoms with Crippen LogP contribution >= 0.6 is 0 Å². The number of nitrogens with zero attached hydrogens (tertiary/aromatic N) is 2. The second-order valence-electron chi connectivity index (χ2n) is 3.38. The summed E-state index contributed by atoms with van der Waals surface area (Å²) in [4.78, 5) is 41.2. The molecule has 2 heterocycles. The van der Waals surface area contributed by atoms with Crippen LogP contribution in [0.5, 0.6) is 0 Å². The van der Waals surface area contributed by atoms with Gasteiger partial charge in [0.2, 0.25) is 5.91 Å². The summed E-state index contributed by atoms with van der Waals surface area (Å²) >= 11 is 0. The molecule has 0 aliphatic carbocycles. The van der Waals surface area contributed by atoms with Crippen LogP contribution in [0.2, 0.25) is 0 Å². The summed E-state index contributed by atoms with van der Waals surface area (Å²) in [5, 5.41) is 0. The molecule has 0 bridgehead atoms. The van der Waals surface area contributed by atoms with E-state index in [1.807, 2.05) is 0 Å². The lowest BCUT2D eigenvalue weighted by Crippen LogP contribution is -2.27. The predicted octanol–water partition coefficient (Wildman–Crippen LogP) is -0.616. The lowest BCUT2D eigenvalue weighted by molar-refractivity contribution is -0.121. The van der Waals surface area contributed by atoms with Crippen LogP contribution in [0.1, 0.15) is 12.2 Å². The maximum absolute atomic E-state index is 11.4. The third kappa shape index (κ3) is 1.78. The third-order valence-corrected chi connectivity index (χ3v) is 2.11. The van der Waals surface area contributed by atoms with E-state index in [4.69, 9.17) is 0 Å². The number of anilines is 1. The van der Waals surface area contributed by atoms with Crippen molar-refractivity contribution < 1.29 is 9.59 Å². The molecule has 1 amide bonds. The van der Waals surface area contributed by atoms with Gasteiger partial charge in [0.1, 0.15) is 11.6 Å². The smallest absolute Gasteiger partial charge is 0.252 e. The SMILES string of the molecule is Cc1nc(N2CC(=O)CC2=O)cc(=O)[nH]1. The van der Waals surface area contributed by atoms with Crippen LogP contribution < -0.4 is 10.5 Å². The van der Waals surface area contributed by atoms with E-state index in [1.54, 1.807) is 6.92 Å². The Morgan fingerprint density at radius 3 is 2.67 bits per heavy atom. The van der Waals surface area contributed by atoms with Crippen molar-refractivity contribution in [1.82, 2.24) is 9.97 Å². The number of hydrogen-bond acceptors (Lipinski definition) is 4. The molecule has 1 aromatic heterocycles. The van der Waals surface area contributed by atoms with Crippen LogP contribution in [0.4, 0.5) is 5.82 Å². The van der Waals surface area contributed by atoms with E-state index in [-0.39, 0.29) is 36.0 Å². The van der Waals surface area contributed by atoms with E-state index < -0.39 is 0 Å². The van der Waals surface area contributed by atoms with Crippen LogP contribution in [0.15, 0.2) is 10.9 Å². The molecule has 1 fully saturated rings. The Bertz CT molecular complexity index is 492. The molecule has 0 saturated carbocycles. The zero-order valence-electron chi connectivity index (χ0n) is 8.11. The van der Waals surface area contributed by atoms with E-state index in [9.17, 15) is 14.4 Å². The molecule has 6 nitrogen and oxygen atoms in total. The largest absolute Gasteiger partial charge is 0.311 e. The Morgan fingerprint density at radius 1 is 1.40 bits per heavy atom. The molecular weight excluding hydrogens is 198 g/mol. The zero-order chi connectivity index (χ0) is 11.0. The Balaban J connectivity index is 2.41. The lowest BCUT2D eigenvalue weighted by atomic mass is 10.3. The van der Waals surface area contributed by atoms with Crippen molar-refractivity contribution in [1.29, 1.82) is 0 Å². The van der Waals surface area contributed by atoms with Crippen LogP contribution in [-0.2, 0) is 9.59 Å². The van der Waals surface area contributed by atoms with Crippen molar-refractivity contribution in [2.45, 2.75) is 13.3 Å². The highest BCUT2D eigenvalue weighted by atomic mass is 16.2. The van der Waals surface area contributed by atoms with Crippen LogP contribution in [0.25, 0.3) is 0 Å². The van der Waals surface area contributed by atoms with Gasteiger partial charge in [0.15, 0.2) is 5.78 Å². The molecule has 1 aliphatic heterocycles. The van der Waals surface area contributed by atoms with E-state index >= 15 is 0 Å². The highest BCUT2D eigenvalue weighted by Crippen LogP contribution is 2.15. The average molecular weight is 207 g/mol. The topological polar surface area (TPSA) is 83.1 Å². The number of amides is 1. The Morgan fingerprint density at radius 2 is 2.13 bits per heavy atom. The fourth-order valence-electron chi connectivity index (χ4n) is 1.50. The minimum Gasteiger partial charge on any atom is -0.311 e. The molecule has 1 aromatic rings. The number of aryl methyl sites for hydroxylation is 1. The summed E-state index contributed by atoms with van der Waals surface area (Å²) in [6, 6.07) is 1.21. The molecule has 78 valence electrons. The van der Waals surface area contributed by atoms with E-state index in [0.29, 0.717) is 5.82 Å². The first-order valence-corrected chi connectivity index (χ1v) is 4.46. The van der Waals surface area contributed by atoms with Gasteiger partial charge in [-0.05, 0) is 6.92 Å². The molecule has 0 atom stereocenters. The third-order valence-electron chi connectivity index (χ3n) is 2.11. The number of carbonyl (C=O) groups is 2. The molecule has 0 radical (unpaired) electrons. The molecule has 1 saturated heterocycles. The van der Waals surface area contributed by atoms with Gasteiger partial charge < -0.3 is 4.98 Å². The van der Waals surface area contributed by atoms with E-state index in [2.05, 4.69) is 9.97 Å². The molecular formula is C9H9N3O3. The second kappa shape index (κ2) is 3.30. The second-order valence-corrected chi connectivity index (χ2v) is 3.38. The fraction of sp³-hybridized carbons (Fsp3) is 0.333. The van der Waals surface area contributed by atoms with Gasteiger partial charge in [0.05, 0.1) is 13.0 Å². The summed E-state index contributed by atoms with van der Waals surface area (Å²) < 4.78 is 0. The number of ketones is 1. The maximum Gasteiger partial charge on any atom is 0.252 e. The number of hydrogen-bond donors (Lipinski definition) is 1. The van der Waals surface area contributed by atoms with Gasteiger partial charge in [-0.15, -0.1) is 0 Å². The molecule has 6 heteroatoms. The van der Waals surface area contributed by atoms with Crippen LogP contribution in [-0.4, -0.2) is 28.2 Å². The van der Waals surface area contributed by atoms with Gasteiger partial charge in [-0.2, -0.15) is 0 Å². The number of aromatic amines is 1. The normalized spacial score (nSPS) is 16.2. The molecule has 0 spiro atoms. The van der Waals surface area contributed by atoms with Crippen LogP contribution in [0, 0.1) is 6.92 Å². The highest BCUT2D eigenvalue weighted by molar-refractivity contribution is 6.14. The molecule has 0 unspecified atom stereocenters. The van der Waals surface area contributed by atoms with Crippen molar-refractivity contribution in [2.75, 3.05) is 11.4 Å². The first-order chi connectivity index (χ1) is 7.06. The predicted molar refractivity (Wildman–Crippen MR) is 51.6 cm³/mol. The standard InChI is InChI=1S/C9H9N3O3/c1-5-10-7(3-8(14)11-5)12-4-6(13)2-9(12)15/h3H,2,4H2,1H3,(H,10,11,14). The first kappa shape index (κ1) is 9.57. The Hall–Kier alpha value is -1.98. The quantitative estimate of drug-likeness (QED) is 0.622. The number of H-pyrrole nitrogens is 1. The summed E-state index contributed by atoms with van der Waals surface area (Å²) in [6.45, 7) is 1.63. The highest BCUT2D eigenvalue weighted by Gasteiger charge is 2.29. The number of nitrogens with one attached hydrogen (secondary N) is 1. The van der Waals surface area contributed by atoms with Gasteiger partial charge in [0, 0.05) is 6.07 Å². The summed E-state index contributed by atoms with van der Waals surface area (Å²) in [5.41, 5.74) is -0.329. The van der Waals surface area contributed by atoms with Crippen molar-refractivity contribution in [3.05, 3.63) is 22.2 Å². The summed E-state index contributed by atoms with van der Waals surface area (Å²) in [7, 11) is 0. The number of Topliss-reactive ketones (excluding diaryl/α,β-unsaturated/α-hetero) is 1. The number of aromatic nitrogens is 2. The molecule has 2 rings (SSSR count). The monoisotopic (exact) mass is 207 g/mol. The average Bonchev–Trinajstić information content (AvgIpc) is 2.43.